The zero-order valence-electron chi connectivity index (χ0n) is 6.69. The first-order chi connectivity index (χ1) is 1.41. The Morgan fingerprint density at radius 3 is 1.29 bits per heavy atom. The summed E-state index contributed by atoms with van der Waals surface area (Å²) in [6, 6.07) is 0. The zero-order chi connectivity index (χ0) is 2.71. The van der Waals surface area contributed by atoms with Gasteiger partial charge >= 0.3 is 106 Å². The largest absolute Gasteiger partial charge is 1.00 e. The third-order valence-electron chi connectivity index (χ3n) is 0. The molecule has 2 nitrogen and oxygen atoms in total. The van der Waals surface area contributed by atoms with Crippen LogP contribution in [-0.2, 0) is 9.59 Å². The first-order valence-electron chi connectivity index (χ1n) is 0.408. The Morgan fingerprint density at radius 1 is 1.29 bits per heavy atom. The predicted octanol–water partition coefficient (Wildman–Crippen LogP) is -12.3. The molecule has 0 aromatic carbocycles. The molecular weight excluding hydrogens is 132 g/mol. The average molecular weight is 134 g/mol. The second kappa shape index (κ2) is 38.7. The molecule has 0 aliphatic carbocycles. The summed E-state index contributed by atoms with van der Waals surface area (Å²) in [6.07, 6.45) is 0.250. The maximum atomic E-state index is 8.12. The third-order valence-corrected chi connectivity index (χ3v) is 0. The SMILES string of the molecule is O=C=O.[F-].[H-].[H-].[K+].[Li+].[Na+]. The molecule has 0 N–H and O–H groups in total. The number of halogens is 1. The molecule has 0 aliphatic rings. The molecule has 0 spiro atoms. The minimum Gasteiger partial charge on any atom is -1.00 e. The summed E-state index contributed by atoms with van der Waals surface area (Å²) in [4.78, 5) is 16.2. The molecule has 28 valence electrons. The predicted molar refractivity (Wildman–Crippen MR) is 7.23 cm³/mol. The molecule has 0 aliphatic heterocycles. The summed E-state index contributed by atoms with van der Waals surface area (Å²) in [5.74, 6) is 0. The van der Waals surface area contributed by atoms with Crippen LogP contribution in [0.2, 0.25) is 0 Å². The van der Waals surface area contributed by atoms with E-state index < -0.39 is 0 Å². The number of hydrogen-bond acceptors (Lipinski definition) is 2. The van der Waals surface area contributed by atoms with Crippen molar-refractivity contribution >= 4 is 6.15 Å². The molecular formula is CH2FKLiNaO2. The van der Waals surface area contributed by atoms with Crippen molar-refractivity contribution in [1.29, 1.82) is 0 Å². The van der Waals surface area contributed by atoms with Crippen molar-refractivity contribution < 1.29 is 117 Å². The molecule has 0 amide bonds. The minimum absolute atomic E-state index is 0. The van der Waals surface area contributed by atoms with Crippen LogP contribution >= 0.6 is 0 Å². The van der Waals surface area contributed by atoms with E-state index in [9.17, 15) is 0 Å². The van der Waals surface area contributed by atoms with Crippen molar-refractivity contribution in [1.82, 2.24) is 0 Å². The van der Waals surface area contributed by atoms with E-state index in [1.54, 1.807) is 0 Å². The van der Waals surface area contributed by atoms with Crippen LogP contribution in [0.3, 0.4) is 0 Å². The zero-order valence-corrected chi connectivity index (χ0v) is 9.82. The van der Waals surface area contributed by atoms with E-state index in [0.29, 0.717) is 0 Å². The van der Waals surface area contributed by atoms with Crippen LogP contribution in [0.25, 0.3) is 0 Å². The van der Waals surface area contributed by atoms with Gasteiger partial charge in [0.05, 0.1) is 0 Å². The molecule has 0 rings (SSSR count). The Bertz CT molecular complexity index is 45.5. The van der Waals surface area contributed by atoms with Gasteiger partial charge in [0, 0.05) is 0 Å². The van der Waals surface area contributed by atoms with Gasteiger partial charge in [0.25, 0.3) is 0 Å². The smallest absolute Gasteiger partial charge is 1.00 e. The molecule has 0 bridgehead atoms. The molecule has 7 heavy (non-hydrogen) atoms. The van der Waals surface area contributed by atoms with Crippen LogP contribution in [0.5, 0.6) is 0 Å². The fourth-order valence-corrected chi connectivity index (χ4v) is 0. The Balaban J connectivity index is -0.00000000133. The van der Waals surface area contributed by atoms with E-state index in [1.807, 2.05) is 0 Å². The number of carbonyl (C=O) groups excluding carboxylic acids is 2. The van der Waals surface area contributed by atoms with E-state index in [-0.39, 0.29) is 114 Å². The van der Waals surface area contributed by atoms with Gasteiger partial charge in [0.15, 0.2) is 0 Å². The quantitative estimate of drug-likeness (QED) is 0.308. The average Bonchev–Trinajstić information content (AvgIpc) is 0.918. The normalized spacial score (nSPS) is 1.14. The molecule has 0 aromatic rings. The van der Waals surface area contributed by atoms with Crippen molar-refractivity contribution in [3.63, 3.8) is 0 Å². The Labute approximate surface area is 120 Å². The molecule has 0 atom stereocenters. The van der Waals surface area contributed by atoms with E-state index in [1.165, 1.54) is 0 Å². The topological polar surface area (TPSA) is 34.1 Å². The number of hydrogen-bond donors (Lipinski definition) is 0. The molecule has 0 unspecified atom stereocenters. The van der Waals surface area contributed by atoms with Crippen LogP contribution in [0.15, 0.2) is 0 Å². The van der Waals surface area contributed by atoms with Crippen molar-refractivity contribution in [3.8, 4) is 0 Å². The van der Waals surface area contributed by atoms with Crippen LogP contribution in [0.4, 0.5) is 0 Å². The van der Waals surface area contributed by atoms with Crippen molar-refractivity contribution in [2.75, 3.05) is 0 Å². The third kappa shape index (κ3) is 56.5. The Kier molecular flexibility index (Phi) is 187. The molecule has 0 saturated heterocycles. The molecule has 0 fully saturated rings. The van der Waals surface area contributed by atoms with Gasteiger partial charge in [-0.25, -0.2) is 0 Å². The first kappa shape index (κ1) is 33.7. The van der Waals surface area contributed by atoms with Crippen LogP contribution < -0.4 is 105 Å². The van der Waals surface area contributed by atoms with Gasteiger partial charge in [-0.1, -0.05) is 0 Å². The molecule has 0 aromatic heterocycles. The van der Waals surface area contributed by atoms with Crippen molar-refractivity contribution in [3.05, 3.63) is 0 Å². The van der Waals surface area contributed by atoms with Gasteiger partial charge in [-0.15, -0.1) is 0 Å². The summed E-state index contributed by atoms with van der Waals surface area (Å²) in [6.45, 7) is 0. The van der Waals surface area contributed by atoms with E-state index in [0.717, 1.165) is 0 Å². The van der Waals surface area contributed by atoms with Crippen molar-refractivity contribution in [2.45, 2.75) is 0 Å². The first-order valence-corrected chi connectivity index (χ1v) is 0.408. The van der Waals surface area contributed by atoms with Gasteiger partial charge in [0.2, 0.25) is 0 Å². The second-order valence-corrected chi connectivity index (χ2v) is 0.0833. The van der Waals surface area contributed by atoms with Gasteiger partial charge in [-0.2, -0.15) is 9.59 Å². The fourth-order valence-electron chi connectivity index (χ4n) is 0. The Hall–Kier alpha value is 2.54. The van der Waals surface area contributed by atoms with Gasteiger partial charge in [0.1, 0.15) is 0 Å². The van der Waals surface area contributed by atoms with Crippen molar-refractivity contribution in [2.24, 2.45) is 0 Å². The fraction of sp³-hybridized carbons (Fsp3) is 0. The van der Waals surface area contributed by atoms with Gasteiger partial charge in [-0.3, -0.25) is 0 Å². The van der Waals surface area contributed by atoms with E-state index in [2.05, 4.69) is 0 Å². The maximum Gasteiger partial charge on any atom is 1.00 e. The maximum absolute atomic E-state index is 8.12. The van der Waals surface area contributed by atoms with Crippen LogP contribution in [-0.4, -0.2) is 6.15 Å². The summed E-state index contributed by atoms with van der Waals surface area (Å²) in [5.41, 5.74) is 0. The molecule has 0 heterocycles. The van der Waals surface area contributed by atoms with Crippen LogP contribution in [0.1, 0.15) is 2.85 Å². The minimum atomic E-state index is 0. The molecule has 6 heteroatoms. The number of rotatable bonds is 0. The standard InChI is InChI=1S/CO2.FH.K.Li.Na.2H/c2-1-3;;;;;;/h;1H;;;;;/q;;3*+1;2*-1/p-1. The summed E-state index contributed by atoms with van der Waals surface area (Å²) >= 11 is 0. The van der Waals surface area contributed by atoms with Gasteiger partial charge in [-0.05, 0) is 0 Å². The second-order valence-electron chi connectivity index (χ2n) is 0.0833. The Morgan fingerprint density at radius 2 is 1.29 bits per heavy atom. The molecule has 0 saturated carbocycles. The summed E-state index contributed by atoms with van der Waals surface area (Å²) < 4.78 is 0. The van der Waals surface area contributed by atoms with Crippen LogP contribution in [0, 0.1) is 0 Å². The monoisotopic (exact) mass is 134 g/mol. The van der Waals surface area contributed by atoms with Gasteiger partial charge < -0.3 is 7.56 Å². The molecule has 0 radical (unpaired) electrons. The van der Waals surface area contributed by atoms with E-state index in [4.69, 9.17) is 9.59 Å². The summed E-state index contributed by atoms with van der Waals surface area (Å²) in [5, 5.41) is 0. The van der Waals surface area contributed by atoms with E-state index >= 15 is 0 Å². The summed E-state index contributed by atoms with van der Waals surface area (Å²) in [7, 11) is 0.